The number of aromatic amines is 1. The van der Waals surface area contributed by atoms with Crippen LogP contribution in [0.4, 0.5) is 0 Å². The van der Waals surface area contributed by atoms with Crippen molar-refractivity contribution >= 4 is 38.2 Å². The highest BCUT2D eigenvalue weighted by Crippen LogP contribution is 2.38. The summed E-state index contributed by atoms with van der Waals surface area (Å²) in [7, 11) is 0. The van der Waals surface area contributed by atoms with E-state index in [9.17, 15) is 4.79 Å². The molecule has 260 valence electrons. The van der Waals surface area contributed by atoms with Crippen molar-refractivity contribution in [2.24, 2.45) is 0 Å². The molecule has 6 heteroatoms. The highest BCUT2D eigenvalue weighted by molar-refractivity contribution is 5.96. The van der Waals surface area contributed by atoms with E-state index in [1.54, 1.807) is 0 Å². The maximum atomic E-state index is 14.7. The van der Waals surface area contributed by atoms with Crippen LogP contribution in [0.15, 0.2) is 89.9 Å². The molecule has 0 aliphatic rings. The Morgan fingerprint density at radius 3 is 2.08 bits per heavy atom. The van der Waals surface area contributed by atoms with Gasteiger partial charge >= 0.3 is 0 Å². The molecule has 4 aromatic carbocycles. The minimum Gasteiger partial charge on any atom is -0.428 e. The van der Waals surface area contributed by atoms with Crippen LogP contribution in [0.3, 0.4) is 0 Å². The molecule has 0 radical (unpaired) electrons. The van der Waals surface area contributed by atoms with Crippen LogP contribution in [-0.2, 0) is 16.2 Å². The first-order valence-corrected chi connectivity index (χ1v) is 18.0. The average Bonchev–Trinajstić information content (AvgIpc) is 3.06. The first-order valence-electron chi connectivity index (χ1n) is 18.0. The number of hydrogen-bond donors (Lipinski definition) is 1. The molecule has 0 bridgehead atoms. The lowest BCUT2D eigenvalue weighted by molar-refractivity contribution is -0.499. The fraction of sp³-hybridized carbons (Fsp3) is 0.333. The van der Waals surface area contributed by atoms with Crippen LogP contribution in [0.5, 0.6) is 11.6 Å². The number of H-pyrrole nitrogens is 1. The number of hydrogen-bond acceptors (Lipinski definition) is 4. The van der Waals surface area contributed by atoms with E-state index >= 15 is 0 Å². The summed E-state index contributed by atoms with van der Waals surface area (Å²) in [5, 5.41) is 3.69. The zero-order chi connectivity index (χ0) is 36.6. The van der Waals surface area contributed by atoms with Gasteiger partial charge in [-0.05, 0) is 69.7 Å². The van der Waals surface area contributed by atoms with Crippen LogP contribution in [0.1, 0.15) is 105 Å². The SMILES string of the molecule is CC(C)c1nc2c(C(C)(C)C)cc(C(C)(C)C)c(=O)c2c2[nH]c(Oc3cc(-c4nccc5ccccc45)cc(C(C)(C)C)c3)c3ccccc3[n+]12. The Labute approximate surface area is 300 Å². The third-order valence-corrected chi connectivity index (χ3v) is 9.86. The maximum Gasteiger partial charge on any atom is 0.268 e. The molecule has 0 saturated heterocycles. The van der Waals surface area contributed by atoms with Crippen molar-refractivity contribution in [1.29, 1.82) is 0 Å². The van der Waals surface area contributed by atoms with Gasteiger partial charge in [-0.3, -0.25) is 9.78 Å². The van der Waals surface area contributed by atoms with Gasteiger partial charge in [0.05, 0.1) is 11.1 Å². The molecule has 0 spiro atoms. The molecule has 0 amide bonds. The van der Waals surface area contributed by atoms with E-state index < -0.39 is 0 Å². The van der Waals surface area contributed by atoms with E-state index in [2.05, 4.69) is 146 Å². The molecule has 1 N–H and O–H groups in total. The summed E-state index contributed by atoms with van der Waals surface area (Å²) in [5.41, 5.74) is 6.41. The van der Waals surface area contributed by atoms with E-state index in [0.717, 1.165) is 61.0 Å². The minimum absolute atomic E-state index is 0.0117. The topological polar surface area (TPSA) is 72.0 Å². The molecule has 0 aliphatic carbocycles. The Balaban J connectivity index is 1.58. The van der Waals surface area contributed by atoms with Crippen LogP contribution in [0.2, 0.25) is 0 Å². The monoisotopic (exact) mass is 677 g/mol. The van der Waals surface area contributed by atoms with Crippen molar-refractivity contribution in [2.45, 2.75) is 98.3 Å². The fourth-order valence-electron chi connectivity index (χ4n) is 7.07. The lowest BCUT2D eigenvalue weighted by Gasteiger charge is -2.25. The number of pyridine rings is 1. The lowest BCUT2D eigenvalue weighted by Crippen LogP contribution is -2.36. The van der Waals surface area contributed by atoms with E-state index in [0.29, 0.717) is 22.7 Å². The predicted molar refractivity (Wildman–Crippen MR) is 210 cm³/mol. The summed E-state index contributed by atoms with van der Waals surface area (Å²) in [6.45, 7) is 23.8. The summed E-state index contributed by atoms with van der Waals surface area (Å²) >= 11 is 0. The molecule has 0 aliphatic heterocycles. The van der Waals surface area contributed by atoms with Crippen molar-refractivity contribution in [3.05, 3.63) is 118 Å². The molecule has 7 aromatic rings. The van der Waals surface area contributed by atoms with Gasteiger partial charge in [0.25, 0.3) is 5.88 Å². The van der Waals surface area contributed by atoms with Crippen molar-refractivity contribution in [3.63, 3.8) is 0 Å². The Kier molecular flexibility index (Phi) is 8.09. The summed E-state index contributed by atoms with van der Waals surface area (Å²) in [4.78, 5) is 28.6. The number of aromatic nitrogens is 4. The quantitative estimate of drug-likeness (QED) is 0.149. The van der Waals surface area contributed by atoms with Gasteiger partial charge in [0.2, 0.25) is 11.5 Å². The smallest absolute Gasteiger partial charge is 0.268 e. The molecule has 7 rings (SSSR count). The maximum absolute atomic E-state index is 14.7. The zero-order valence-corrected chi connectivity index (χ0v) is 31.8. The summed E-state index contributed by atoms with van der Waals surface area (Å²) < 4.78 is 9.11. The van der Waals surface area contributed by atoms with Crippen LogP contribution in [-0.4, -0.2) is 15.0 Å². The van der Waals surface area contributed by atoms with Crippen molar-refractivity contribution in [3.8, 4) is 22.9 Å². The summed E-state index contributed by atoms with van der Waals surface area (Å²) in [6.07, 6.45) is 1.87. The predicted octanol–water partition coefficient (Wildman–Crippen LogP) is 10.8. The molecule has 0 unspecified atom stereocenters. The van der Waals surface area contributed by atoms with Gasteiger partial charge in [0.1, 0.15) is 16.7 Å². The molecular formula is C45H49N4O2+. The van der Waals surface area contributed by atoms with Crippen molar-refractivity contribution < 1.29 is 9.14 Å². The Morgan fingerprint density at radius 2 is 1.41 bits per heavy atom. The molecular weight excluding hydrogens is 629 g/mol. The largest absolute Gasteiger partial charge is 0.428 e. The molecule has 0 atom stereocenters. The Hall–Kier alpha value is -5.10. The summed E-state index contributed by atoms with van der Waals surface area (Å²) in [6, 6.07) is 27.1. The van der Waals surface area contributed by atoms with E-state index in [4.69, 9.17) is 14.7 Å². The number of rotatable bonds is 4. The van der Waals surface area contributed by atoms with Gasteiger partial charge in [-0.25, -0.2) is 4.98 Å². The Bertz CT molecular complexity index is 2550. The molecule has 0 fully saturated rings. The third kappa shape index (κ3) is 6.05. The highest BCUT2D eigenvalue weighted by atomic mass is 16.5. The van der Waals surface area contributed by atoms with Crippen LogP contribution in [0.25, 0.3) is 49.5 Å². The van der Waals surface area contributed by atoms with Crippen molar-refractivity contribution in [2.75, 3.05) is 0 Å². The molecule has 3 heterocycles. The van der Waals surface area contributed by atoms with E-state index in [1.165, 1.54) is 0 Å². The Morgan fingerprint density at radius 1 is 0.745 bits per heavy atom. The normalized spacial score (nSPS) is 12.9. The second kappa shape index (κ2) is 12.0. The number of nitrogens with zero attached hydrogens (tertiary/aromatic N) is 3. The molecule has 3 aromatic heterocycles. The molecule has 0 saturated carbocycles. The number of benzene rings is 4. The second-order valence-electron chi connectivity index (χ2n) is 17.3. The van der Waals surface area contributed by atoms with Crippen LogP contribution >= 0.6 is 0 Å². The number of para-hydroxylation sites is 1. The fourth-order valence-corrected chi connectivity index (χ4v) is 7.07. The van der Waals surface area contributed by atoms with Crippen LogP contribution in [0, 0.1) is 0 Å². The summed E-state index contributed by atoms with van der Waals surface area (Å²) in [5.74, 6) is 2.21. The lowest BCUT2D eigenvalue weighted by atomic mass is 9.79. The van der Waals surface area contributed by atoms with Gasteiger partial charge in [-0.2, -0.15) is 4.40 Å². The van der Waals surface area contributed by atoms with Crippen LogP contribution < -0.4 is 14.6 Å². The van der Waals surface area contributed by atoms with Gasteiger partial charge in [-0.1, -0.05) is 113 Å². The highest BCUT2D eigenvalue weighted by Gasteiger charge is 2.33. The van der Waals surface area contributed by atoms with Gasteiger partial charge in [0.15, 0.2) is 10.9 Å². The second-order valence-corrected chi connectivity index (χ2v) is 17.3. The number of nitrogens with one attached hydrogen (secondary N) is 1. The first-order chi connectivity index (χ1) is 23.9. The van der Waals surface area contributed by atoms with E-state index in [1.807, 2.05) is 24.4 Å². The number of ether oxygens (including phenoxy) is 1. The van der Waals surface area contributed by atoms with E-state index in [-0.39, 0.29) is 27.6 Å². The molecule has 6 nitrogen and oxygen atoms in total. The van der Waals surface area contributed by atoms with Crippen molar-refractivity contribution in [1.82, 2.24) is 15.0 Å². The zero-order valence-electron chi connectivity index (χ0n) is 31.8. The standard InChI is InChI=1S/C45H48N4O2/c1-26(2)40-47-38-33(44(6,7)8)25-34(45(9,10)11)39(50)36(38)41-48-42(32-18-14-15-19-35(32)49(40)41)51-30-23-28(22-29(24-30)43(3,4)5)37-31-17-13-12-16-27(31)20-21-46-37/h12-26H,1-11H3/p+1. The van der Waals surface area contributed by atoms with Gasteiger partial charge in [-0.15, -0.1) is 4.98 Å². The third-order valence-electron chi connectivity index (χ3n) is 9.86. The average molecular weight is 678 g/mol. The van der Waals surface area contributed by atoms with Gasteiger partial charge < -0.3 is 4.74 Å². The van der Waals surface area contributed by atoms with Gasteiger partial charge in [0, 0.05) is 34.2 Å². The molecule has 51 heavy (non-hydrogen) atoms. The minimum atomic E-state index is -0.366. The number of fused-ring (bicyclic) bond motifs is 6. The first kappa shape index (κ1) is 34.4.